The molecule has 0 aromatic rings. The summed E-state index contributed by atoms with van der Waals surface area (Å²) >= 11 is 0. The highest BCUT2D eigenvalue weighted by Crippen LogP contribution is 2.15. The third-order valence-corrected chi connectivity index (χ3v) is 2.42. The monoisotopic (exact) mass is 186 g/mol. The first-order chi connectivity index (χ1) is 6.26. The highest BCUT2D eigenvalue weighted by molar-refractivity contribution is 4.87. The second-order valence-corrected chi connectivity index (χ2v) is 3.51. The lowest BCUT2D eigenvalue weighted by Gasteiger charge is -2.29. The summed E-state index contributed by atoms with van der Waals surface area (Å²) in [4.78, 5) is 2.01. The van der Waals surface area contributed by atoms with E-state index in [2.05, 4.69) is 6.07 Å². The number of hydrogen-bond donors (Lipinski definition) is 1. The van der Waals surface area contributed by atoms with Crippen LogP contribution in [-0.2, 0) is 0 Å². The van der Waals surface area contributed by atoms with Crippen LogP contribution in [-0.4, -0.2) is 42.4 Å². The molecule has 0 bridgehead atoms. The van der Waals surface area contributed by atoms with Gasteiger partial charge in [0.1, 0.15) is 6.67 Å². The lowest BCUT2D eigenvalue weighted by Crippen LogP contribution is -2.39. The molecule has 0 radical (unpaired) electrons. The molecule has 1 aliphatic rings. The number of aliphatic hydroxyl groups excluding tert-OH is 1. The van der Waals surface area contributed by atoms with Crippen LogP contribution < -0.4 is 0 Å². The van der Waals surface area contributed by atoms with Gasteiger partial charge in [0.15, 0.2) is 0 Å². The Balaban J connectivity index is 2.22. The maximum absolute atomic E-state index is 12.0. The topological polar surface area (TPSA) is 47.3 Å². The third kappa shape index (κ3) is 3.29. The SMILES string of the molecule is N#CC1CCN(CC(O)CF)CC1. The Morgan fingerprint density at radius 1 is 1.54 bits per heavy atom. The molecule has 0 amide bonds. The predicted molar refractivity (Wildman–Crippen MR) is 46.8 cm³/mol. The molecule has 0 aliphatic carbocycles. The first kappa shape index (κ1) is 10.4. The first-order valence-electron chi connectivity index (χ1n) is 4.62. The lowest BCUT2D eigenvalue weighted by molar-refractivity contribution is 0.0765. The van der Waals surface area contributed by atoms with Gasteiger partial charge in [-0.1, -0.05) is 0 Å². The fourth-order valence-electron chi connectivity index (χ4n) is 1.59. The van der Waals surface area contributed by atoms with Gasteiger partial charge in [-0.2, -0.15) is 5.26 Å². The number of piperidine rings is 1. The number of halogens is 1. The Labute approximate surface area is 77.8 Å². The Hall–Kier alpha value is -0.660. The summed E-state index contributed by atoms with van der Waals surface area (Å²) in [7, 11) is 0. The summed E-state index contributed by atoms with van der Waals surface area (Å²) < 4.78 is 12.0. The molecule has 3 nitrogen and oxygen atoms in total. The van der Waals surface area contributed by atoms with Gasteiger partial charge < -0.3 is 10.0 Å². The van der Waals surface area contributed by atoms with Gasteiger partial charge in [-0.15, -0.1) is 0 Å². The van der Waals surface area contributed by atoms with E-state index >= 15 is 0 Å². The van der Waals surface area contributed by atoms with Gasteiger partial charge in [-0.3, -0.25) is 0 Å². The van der Waals surface area contributed by atoms with Crippen molar-refractivity contribution < 1.29 is 9.50 Å². The zero-order valence-electron chi connectivity index (χ0n) is 7.62. The molecular weight excluding hydrogens is 171 g/mol. The Bertz CT molecular complexity index is 185. The molecule has 0 aromatic carbocycles. The summed E-state index contributed by atoms with van der Waals surface area (Å²) in [5.41, 5.74) is 0. The predicted octanol–water partition coefficient (Wildman–Crippen LogP) is 0.552. The van der Waals surface area contributed by atoms with E-state index in [-0.39, 0.29) is 5.92 Å². The molecule has 0 saturated carbocycles. The minimum atomic E-state index is -0.862. The number of nitriles is 1. The summed E-state index contributed by atoms with van der Waals surface area (Å²) in [6.07, 6.45) is 0.823. The average molecular weight is 186 g/mol. The highest BCUT2D eigenvalue weighted by atomic mass is 19.1. The van der Waals surface area contributed by atoms with E-state index in [0.29, 0.717) is 6.54 Å². The van der Waals surface area contributed by atoms with Crippen LogP contribution in [0.2, 0.25) is 0 Å². The van der Waals surface area contributed by atoms with Gasteiger partial charge in [0, 0.05) is 12.5 Å². The number of hydrogen-bond acceptors (Lipinski definition) is 3. The van der Waals surface area contributed by atoms with Crippen LogP contribution in [0.1, 0.15) is 12.8 Å². The van der Waals surface area contributed by atoms with Crippen molar-refractivity contribution in [2.45, 2.75) is 18.9 Å². The van der Waals surface area contributed by atoms with Crippen molar-refractivity contribution in [2.24, 2.45) is 5.92 Å². The van der Waals surface area contributed by atoms with Crippen LogP contribution in [0.4, 0.5) is 4.39 Å². The third-order valence-electron chi connectivity index (χ3n) is 2.42. The Kier molecular flexibility index (Phi) is 4.13. The fraction of sp³-hybridized carbons (Fsp3) is 0.889. The zero-order valence-corrected chi connectivity index (χ0v) is 7.62. The molecule has 1 fully saturated rings. The van der Waals surface area contributed by atoms with Gasteiger partial charge in [-0.05, 0) is 25.9 Å². The molecule has 0 aromatic heterocycles. The molecule has 0 spiro atoms. The number of alkyl halides is 1. The smallest absolute Gasteiger partial charge is 0.117 e. The zero-order chi connectivity index (χ0) is 9.68. The summed E-state index contributed by atoms with van der Waals surface area (Å²) in [5, 5.41) is 17.7. The molecule has 1 atom stereocenters. The summed E-state index contributed by atoms with van der Waals surface area (Å²) in [6, 6.07) is 2.23. The van der Waals surface area contributed by atoms with Crippen molar-refractivity contribution in [1.29, 1.82) is 5.26 Å². The van der Waals surface area contributed by atoms with Crippen molar-refractivity contribution in [3.8, 4) is 6.07 Å². The van der Waals surface area contributed by atoms with E-state index in [9.17, 15) is 4.39 Å². The molecule has 1 unspecified atom stereocenters. The van der Waals surface area contributed by atoms with Crippen molar-refractivity contribution in [3.05, 3.63) is 0 Å². The number of likely N-dealkylation sites (tertiary alicyclic amines) is 1. The van der Waals surface area contributed by atoms with Crippen molar-refractivity contribution >= 4 is 0 Å². The van der Waals surface area contributed by atoms with E-state index < -0.39 is 12.8 Å². The normalized spacial score (nSPS) is 22.5. The van der Waals surface area contributed by atoms with Gasteiger partial charge in [0.2, 0.25) is 0 Å². The van der Waals surface area contributed by atoms with Gasteiger partial charge in [0.25, 0.3) is 0 Å². The van der Waals surface area contributed by atoms with Crippen LogP contribution in [0, 0.1) is 17.2 Å². The van der Waals surface area contributed by atoms with Crippen molar-refractivity contribution in [1.82, 2.24) is 4.90 Å². The molecular formula is C9H15FN2O. The van der Waals surface area contributed by atoms with Crippen LogP contribution in [0.15, 0.2) is 0 Å². The molecule has 1 aliphatic heterocycles. The van der Waals surface area contributed by atoms with Gasteiger partial charge in [-0.25, -0.2) is 4.39 Å². The van der Waals surface area contributed by atoms with Crippen LogP contribution >= 0.6 is 0 Å². The average Bonchev–Trinajstić information content (AvgIpc) is 2.19. The minimum absolute atomic E-state index is 0.152. The minimum Gasteiger partial charge on any atom is -0.389 e. The first-order valence-corrected chi connectivity index (χ1v) is 4.62. The molecule has 4 heteroatoms. The molecule has 1 saturated heterocycles. The Morgan fingerprint density at radius 2 is 2.15 bits per heavy atom. The second-order valence-electron chi connectivity index (χ2n) is 3.51. The molecule has 1 heterocycles. The molecule has 13 heavy (non-hydrogen) atoms. The van der Waals surface area contributed by atoms with Crippen LogP contribution in [0.3, 0.4) is 0 Å². The molecule has 1 N–H and O–H groups in total. The molecule has 74 valence electrons. The standard InChI is InChI=1S/C9H15FN2O/c10-5-9(13)7-12-3-1-8(6-11)2-4-12/h8-9,13H,1-5,7H2. The number of rotatable bonds is 3. The summed E-state index contributed by atoms with van der Waals surface area (Å²) in [5.74, 6) is 0.152. The largest absolute Gasteiger partial charge is 0.389 e. The van der Waals surface area contributed by atoms with E-state index in [1.165, 1.54) is 0 Å². The highest BCUT2D eigenvalue weighted by Gasteiger charge is 2.20. The maximum Gasteiger partial charge on any atom is 0.117 e. The van der Waals surface area contributed by atoms with Crippen LogP contribution in [0.25, 0.3) is 0 Å². The number of nitrogens with zero attached hydrogens (tertiary/aromatic N) is 2. The second kappa shape index (κ2) is 5.15. The van der Waals surface area contributed by atoms with Gasteiger partial charge in [0.05, 0.1) is 12.2 Å². The van der Waals surface area contributed by atoms with E-state index in [0.717, 1.165) is 25.9 Å². The van der Waals surface area contributed by atoms with Crippen LogP contribution in [0.5, 0.6) is 0 Å². The maximum atomic E-state index is 12.0. The van der Waals surface area contributed by atoms with Gasteiger partial charge >= 0.3 is 0 Å². The number of aliphatic hydroxyl groups is 1. The molecule has 1 rings (SSSR count). The van der Waals surface area contributed by atoms with E-state index in [1.54, 1.807) is 0 Å². The van der Waals surface area contributed by atoms with E-state index in [1.807, 2.05) is 4.90 Å². The van der Waals surface area contributed by atoms with E-state index in [4.69, 9.17) is 10.4 Å². The fourth-order valence-corrected chi connectivity index (χ4v) is 1.59. The summed E-state index contributed by atoms with van der Waals surface area (Å²) in [6.45, 7) is 1.32. The van der Waals surface area contributed by atoms with Crippen molar-refractivity contribution in [2.75, 3.05) is 26.3 Å². The lowest BCUT2D eigenvalue weighted by atomic mass is 9.98. The van der Waals surface area contributed by atoms with Crippen molar-refractivity contribution in [3.63, 3.8) is 0 Å². The number of β-amino-alcohol motifs (C(OH)–C–C–N with tert-alkyl or cyclic N) is 1. The Morgan fingerprint density at radius 3 is 2.62 bits per heavy atom. The quantitative estimate of drug-likeness (QED) is 0.700.